The Hall–Kier alpha value is -2.93. The standard InChI is InChI=1S/C21H22ClFN4O6S/c1-2-32-14-5-7-27(8-6-14)20-15(10-13(22)11-24-20)26-34(30,31)17-4-3-12-9-16(21(28)25-29)33-19(12)18(17)23/h3-4,9-11,14,26,29H,2,5-8H2,1H3,(H,25,28). The van der Waals surface area contributed by atoms with Gasteiger partial charge in [-0.05, 0) is 44.0 Å². The molecular weight excluding hydrogens is 491 g/mol. The molecule has 1 aliphatic heterocycles. The highest BCUT2D eigenvalue weighted by molar-refractivity contribution is 7.92. The summed E-state index contributed by atoms with van der Waals surface area (Å²) in [4.78, 5) is 17.1. The summed E-state index contributed by atoms with van der Waals surface area (Å²) in [5.74, 6) is -2.20. The number of amides is 1. The van der Waals surface area contributed by atoms with Gasteiger partial charge in [0.2, 0.25) is 0 Å². The normalized spacial score (nSPS) is 15.0. The Kier molecular flexibility index (Phi) is 6.94. The van der Waals surface area contributed by atoms with Gasteiger partial charge in [-0.2, -0.15) is 0 Å². The van der Waals surface area contributed by atoms with Crippen molar-refractivity contribution in [3.8, 4) is 0 Å². The van der Waals surface area contributed by atoms with Gasteiger partial charge in [-0.1, -0.05) is 11.6 Å². The molecule has 0 atom stereocenters. The number of piperidine rings is 1. The van der Waals surface area contributed by atoms with E-state index in [1.54, 1.807) is 0 Å². The molecule has 10 nitrogen and oxygen atoms in total. The number of hydrogen-bond acceptors (Lipinski definition) is 8. The summed E-state index contributed by atoms with van der Waals surface area (Å²) in [7, 11) is -4.43. The Bertz CT molecular complexity index is 1320. The monoisotopic (exact) mass is 512 g/mol. The molecule has 3 heterocycles. The molecule has 1 fully saturated rings. The first-order valence-electron chi connectivity index (χ1n) is 10.4. The van der Waals surface area contributed by atoms with E-state index in [2.05, 4.69) is 9.71 Å². The topological polar surface area (TPSA) is 134 Å². The third-order valence-corrected chi connectivity index (χ3v) is 7.02. The van der Waals surface area contributed by atoms with Crippen LogP contribution in [-0.4, -0.2) is 50.3 Å². The van der Waals surface area contributed by atoms with Gasteiger partial charge < -0.3 is 14.1 Å². The highest BCUT2D eigenvalue weighted by Crippen LogP contribution is 2.33. The molecule has 3 N–H and O–H groups in total. The number of carbonyl (C=O) groups excluding carboxylic acids is 1. The lowest BCUT2D eigenvalue weighted by Crippen LogP contribution is -2.38. The molecule has 2 aromatic heterocycles. The summed E-state index contributed by atoms with van der Waals surface area (Å²) in [5, 5.41) is 9.09. The van der Waals surface area contributed by atoms with Gasteiger partial charge in [-0.15, -0.1) is 0 Å². The Morgan fingerprint density at radius 2 is 2.09 bits per heavy atom. The molecule has 1 aromatic carbocycles. The van der Waals surface area contributed by atoms with E-state index in [0.29, 0.717) is 25.5 Å². The highest BCUT2D eigenvalue weighted by Gasteiger charge is 2.28. The van der Waals surface area contributed by atoms with Gasteiger partial charge in [0.25, 0.3) is 10.0 Å². The Morgan fingerprint density at radius 1 is 1.35 bits per heavy atom. The Labute approximate surface area is 199 Å². The zero-order valence-electron chi connectivity index (χ0n) is 18.0. The number of ether oxygens (including phenoxy) is 1. The van der Waals surface area contributed by atoms with Gasteiger partial charge in [-0.25, -0.2) is 23.3 Å². The number of aromatic nitrogens is 1. The third kappa shape index (κ3) is 4.80. The number of hydroxylamine groups is 1. The number of carbonyl (C=O) groups is 1. The fourth-order valence-corrected chi connectivity index (χ4v) is 5.14. The second-order valence-corrected chi connectivity index (χ2v) is 9.71. The molecule has 3 aromatic rings. The summed E-state index contributed by atoms with van der Waals surface area (Å²) < 4.78 is 54.5. The first-order valence-corrected chi connectivity index (χ1v) is 12.3. The van der Waals surface area contributed by atoms with Gasteiger partial charge >= 0.3 is 5.91 Å². The van der Waals surface area contributed by atoms with Crippen LogP contribution in [0.3, 0.4) is 0 Å². The van der Waals surface area contributed by atoms with Crippen molar-refractivity contribution < 1.29 is 32.0 Å². The zero-order valence-corrected chi connectivity index (χ0v) is 19.6. The van der Waals surface area contributed by atoms with Crippen molar-refractivity contribution in [3.05, 3.63) is 47.1 Å². The second kappa shape index (κ2) is 9.74. The lowest BCUT2D eigenvalue weighted by molar-refractivity contribution is 0.0458. The Balaban J connectivity index is 1.65. The lowest BCUT2D eigenvalue weighted by atomic mass is 10.1. The molecule has 0 radical (unpaired) electrons. The van der Waals surface area contributed by atoms with Crippen molar-refractivity contribution >= 4 is 50.0 Å². The van der Waals surface area contributed by atoms with Gasteiger partial charge in [0, 0.05) is 31.3 Å². The van der Waals surface area contributed by atoms with Crippen LogP contribution in [0.2, 0.25) is 5.02 Å². The molecular formula is C21H22ClFN4O6S. The number of fused-ring (bicyclic) bond motifs is 1. The first-order chi connectivity index (χ1) is 16.2. The molecule has 4 rings (SSSR count). The van der Waals surface area contributed by atoms with Gasteiger partial charge in [0.1, 0.15) is 4.90 Å². The minimum absolute atomic E-state index is 0.0987. The first kappa shape index (κ1) is 24.2. The van der Waals surface area contributed by atoms with E-state index in [9.17, 15) is 13.2 Å². The fraction of sp³-hybridized carbons (Fsp3) is 0.333. The molecule has 13 heteroatoms. The molecule has 0 spiro atoms. The van der Waals surface area contributed by atoms with Crippen molar-refractivity contribution in [2.45, 2.75) is 30.8 Å². The van der Waals surface area contributed by atoms with Crippen LogP contribution in [0.15, 0.2) is 39.8 Å². The predicted octanol–water partition coefficient (Wildman–Crippen LogP) is 3.55. The zero-order chi connectivity index (χ0) is 24.5. The van der Waals surface area contributed by atoms with E-state index in [-0.39, 0.29) is 28.0 Å². The highest BCUT2D eigenvalue weighted by atomic mass is 35.5. The lowest BCUT2D eigenvalue weighted by Gasteiger charge is -2.33. The average Bonchev–Trinajstić information content (AvgIpc) is 3.25. The number of hydrogen-bond donors (Lipinski definition) is 3. The summed E-state index contributed by atoms with van der Waals surface area (Å²) in [5.41, 5.74) is 1.03. The van der Waals surface area contributed by atoms with E-state index in [1.165, 1.54) is 29.9 Å². The van der Waals surface area contributed by atoms with Crippen LogP contribution in [0.5, 0.6) is 0 Å². The molecule has 0 saturated carbocycles. The summed E-state index contributed by atoms with van der Waals surface area (Å²) >= 11 is 6.07. The van der Waals surface area contributed by atoms with E-state index in [0.717, 1.165) is 18.9 Å². The third-order valence-electron chi connectivity index (χ3n) is 5.43. The number of benzene rings is 1. The van der Waals surface area contributed by atoms with E-state index >= 15 is 4.39 Å². The van der Waals surface area contributed by atoms with Gasteiger partial charge in [0.05, 0.1) is 16.8 Å². The minimum atomic E-state index is -4.43. The van der Waals surface area contributed by atoms with E-state index in [1.807, 2.05) is 11.8 Å². The molecule has 1 aliphatic rings. The van der Waals surface area contributed by atoms with Gasteiger partial charge in [-0.3, -0.25) is 14.7 Å². The number of nitrogens with zero attached hydrogens (tertiary/aromatic N) is 2. The number of sulfonamides is 1. The average molecular weight is 513 g/mol. The smallest absolute Gasteiger partial charge is 0.310 e. The minimum Gasteiger partial charge on any atom is -0.448 e. The summed E-state index contributed by atoms with van der Waals surface area (Å²) in [6.45, 7) is 3.74. The van der Waals surface area contributed by atoms with Crippen molar-refractivity contribution in [1.82, 2.24) is 10.5 Å². The van der Waals surface area contributed by atoms with Crippen LogP contribution in [-0.2, 0) is 14.8 Å². The van der Waals surface area contributed by atoms with Crippen molar-refractivity contribution in [2.24, 2.45) is 0 Å². The second-order valence-electron chi connectivity index (χ2n) is 7.62. The molecule has 1 saturated heterocycles. The van der Waals surface area contributed by atoms with Gasteiger partial charge in [0.15, 0.2) is 23.0 Å². The number of anilines is 2. The fourth-order valence-electron chi connectivity index (χ4n) is 3.85. The van der Waals surface area contributed by atoms with Crippen molar-refractivity contribution in [3.63, 3.8) is 0 Å². The van der Waals surface area contributed by atoms with Crippen LogP contribution in [0.4, 0.5) is 15.9 Å². The maximum Gasteiger partial charge on any atom is 0.310 e. The molecule has 182 valence electrons. The maximum absolute atomic E-state index is 15.1. The maximum atomic E-state index is 15.1. The van der Waals surface area contributed by atoms with Crippen molar-refractivity contribution in [1.29, 1.82) is 0 Å². The molecule has 0 bridgehead atoms. The number of furan rings is 1. The van der Waals surface area contributed by atoms with Crippen LogP contribution in [0, 0.1) is 5.82 Å². The number of pyridine rings is 1. The number of halogens is 2. The predicted molar refractivity (Wildman–Crippen MR) is 122 cm³/mol. The number of nitrogens with one attached hydrogen (secondary N) is 2. The molecule has 0 unspecified atom stereocenters. The summed E-state index contributed by atoms with van der Waals surface area (Å²) in [6.07, 6.45) is 3.03. The van der Waals surface area contributed by atoms with Crippen LogP contribution >= 0.6 is 11.6 Å². The van der Waals surface area contributed by atoms with Crippen LogP contribution in [0.1, 0.15) is 30.3 Å². The Morgan fingerprint density at radius 3 is 2.76 bits per heavy atom. The van der Waals surface area contributed by atoms with E-state index < -0.39 is 32.2 Å². The van der Waals surface area contributed by atoms with Crippen LogP contribution < -0.4 is 15.1 Å². The van der Waals surface area contributed by atoms with E-state index in [4.69, 9.17) is 26.0 Å². The molecule has 0 aliphatic carbocycles. The summed E-state index contributed by atoms with van der Waals surface area (Å²) in [6, 6.07) is 4.93. The largest absolute Gasteiger partial charge is 0.448 e. The molecule has 34 heavy (non-hydrogen) atoms. The molecule has 1 amide bonds. The quantitative estimate of drug-likeness (QED) is 0.323. The van der Waals surface area contributed by atoms with Crippen LogP contribution in [0.25, 0.3) is 11.0 Å². The number of rotatable bonds is 7. The van der Waals surface area contributed by atoms with Crippen molar-refractivity contribution in [2.75, 3.05) is 29.3 Å². The SMILES string of the molecule is CCOC1CCN(c2ncc(Cl)cc2NS(=O)(=O)c2ccc3cc(C(=O)NO)oc3c2F)CC1.